The van der Waals surface area contributed by atoms with E-state index in [1.807, 2.05) is 37.6 Å². The number of carbonyl (C=O) groups excluding carboxylic acids is 1. The fraction of sp³-hybridized carbons (Fsp3) is 0.375. The molecule has 1 heterocycles. The van der Waals surface area contributed by atoms with E-state index in [2.05, 4.69) is 30.8 Å². The summed E-state index contributed by atoms with van der Waals surface area (Å²) in [5.41, 5.74) is 1.78. The second-order valence-electron chi connectivity index (χ2n) is 5.55. The van der Waals surface area contributed by atoms with Gasteiger partial charge in [0.15, 0.2) is 0 Å². The van der Waals surface area contributed by atoms with Crippen molar-refractivity contribution in [3.63, 3.8) is 0 Å². The summed E-state index contributed by atoms with van der Waals surface area (Å²) < 4.78 is 3.13. The molecule has 1 aliphatic rings. The zero-order chi connectivity index (χ0) is 14.8. The molecule has 1 fully saturated rings. The molecule has 1 saturated carbocycles. The fourth-order valence-electron chi connectivity index (χ4n) is 2.97. The third kappa shape index (κ3) is 3.02. The maximum absolute atomic E-state index is 12.4. The van der Waals surface area contributed by atoms with Crippen LogP contribution in [0.1, 0.15) is 41.2 Å². The number of hydrogen-bond donors (Lipinski definition) is 1. The Morgan fingerprint density at radius 2 is 2.29 bits per heavy atom. The van der Waals surface area contributed by atoms with Crippen LogP contribution in [0.15, 0.2) is 41.4 Å². The summed E-state index contributed by atoms with van der Waals surface area (Å²) in [5, 5.41) is 3.18. The van der Waals surface area contributed by atoms with Crippen LogP contribution in [0.25, 0.3) is 0 Å². The molecule has 2 aromatic rings. The van der Waals surface area contributed by atoms with Gasteiger partial charge in [-0.1, -0.05) is 15.9 Å². The van der Waals surface area contributed by atoms with Gasteiger partial charge in [0, 0.05) is 28.5 Å². The molecule has 0 aliphatic heterocycles. The highest BCUT2D eigenvalue weighted by Crippen LogP contribution is 2.30. The fourth-order valence-corrected chi connectivity index (χ4v) is 3.22. The van der Waals surface area contributed by atoms with Crippen molar-refractivity contribution in [1.29, 1.82) is 0 Å². The number of rotatable bonds is 3. The van der Waals surface area contributed by atoms with Gasteiger partial charge in [-0.25, -0.2) is 4.98 Å². The van der Waals surface area contributed by atoms with E-state index in [1.165, 1.54) is 0 Å². The zero-order valence-corrected chi connectivity index (χ0v) is 13.5. The molecule has 1 aromatic carbocycles. The van der Waals surface area contributed by atoms with Gasteiger partial charge in [-0.05, 0) is 49.9 Å². The molecule has 110 valence electrons. The minimum Gasteiger partial charge on any atom is -0.347 e. The number of aromatic nitrogens is 2. The Morgan fingerprint density at radius 3 is 3.00 bits per heavy atom. The lowest BCUT2D eigenvalue weighted by atomic mass is 10.1. The summed E-state index contributed by atoms with van der Waals surface area (Å²) >= 11 is 3.46. The van der Waals surface area contributed by atoms with Gasteiger partial charge < -0.3 is 9.88 Å². The van der Waals surface area contributed by atoms with Gasteiger partial charge in [0.05, 0.1) is 12.4 Å². The summed E-state index contributed by atoms with van der Waals surface area (Å²) in [6.07, 6.45) is 8.82. The Labute approximate surface area is 132 Å². The Balaban J connectivity index is 1.73. The number of nitrogens with zero attached hydrogens (tertiary/aromatic N) is 2. The van der Waals surface area contributed by atoms with E-state index in [0.717, 1.165) is 29.3 Å². The van der Waals surface area contributed by atoms with Crippen LogP contribution in [0.3, 0.4) is 0 Å². The average Bonchev–Trinajstić information content (AvgIpc) is 3.12. The Kier molecular flexibility index (Phi) is 4.10. The highest BCUT2D eigenvalue weighted by Gasteiger charge is 2.29. The Bertz CT molecular complexity index is 639. The maximum Gasteiger partial charge on any atom is 0.251 e. The molecule has 1 N–H and O–H groups in total. The quantitative estimate of drug-likeness (QED) is 0.923. The third-order valence-corrected chi connectivity index (χ3v) is 5.01. The largest absolute Gasteiger partial charge is 0.347 e. The van der Waals surface area contributed by atoms with Crippen LogP contribution in [-0.4, -0.2) is 21.5 Å². The van der Waals surface area contributed by atoms with Crippen molar-refractivity contribution in [2.24, 2.45) is 0 Å². The van der Waals surface area contributed by atoms with Gasteiger partial charge in [-0.2, -0.15) is 0 Å². The van der Waals surface area contributed by atoms with Crippen molar-refractivity contribution >= 4 is 21.8 Å². The first kappa shape index (κ1) is 14.3. The minimum atomic E-state index is 0.00242. The molecule has 2 unspecified atom stereocenters. The first-order valence-electron chi connectivity index (χ1n) is 7.19. The Hall–Kier alpha value is -1.62. The van der Waals surface area contributed by atoms with Crippen LogP contribution in [0.4, 0.5) is 0 Å². The van der Waals surface area contributed by atoms with E-state index in [0.29, 0.717) is 11.6 Å². The van der Waals surface area contributed by atoms with Crippen molar-refractivity contribution in [3.05, 3.63) is 52.5 Å². The topological polar surface area (TPSA) is 46.9 Å². The van der Waals surface area contributed by atoms with Crippen LogP contribution < -0.4 is 5.32 Å². The molecular weight excluding hydrogens is 330 g/mol. The second-order valence-corrected chi connectivity index (χ2v) is 6.41. The third-order valence-electron chi connectivity index (χ3n) is 4.12. The zero-order valence-electron chi connectivity index (χ0n) is 11.9. The van der Waals surface area contributed by atoms with Gasteiger partial charge in [0.1, 0.15) is 0 Å². The van der Waals surface area contributed by atoms with Crippen molar-refractivity contribution in [2.45, 2.75) is 38.3 Å². The number of halogens is 1. The number of imidazole rings is 1. The molecule has 4 nitrogen and oxygen atoms in total. The van der Waals surface area contributed by atoms with Crippen LogP contribution in [0.2, 0.25) is 0 Å². The summed E-state index contributed by atoms with van der Waals surface area (Å²) in [5.74, 6) is 0.00242. The molecule has 2 atom stereocenters. The first-order valence-corrected chi connectivity index (χ1v) is 7.99. The minimum absolute atomic E-state index is 0.00242. The van der Waals surface area contributed by atoms with Crippen molar-refractivity contribution in [1.82, 2.24) is 14.9 Å². The van der Waals surface area contributed by atoms with Crippen molar-refractivity contribution in [2.75, 3.05) is 0 Å². The number of aryl methyl sites for hydroxylation is 1. The van der Waals surface area contributed by atoms with Crippen LogP contribution in [0, 0.1) is 6.92 Å². The van der Waals surface area contributed by atoms with Crippen LogP contribution >= 0.6 is 15.9 Å². The van der Waals surface area contributed by atoms with Gasteiger partial charge in [0.25, 0.3) is 5.91 Å². The maximum atomic E-state index is 12.4. The number of carbonyl (C=O) groups is 1. The standard InChI is InChI=1S/C16H18BrN3O/c1-11-9-12(5-6-13(11)17)16(21)19-14-3-2-4-15(14)20-8-7-18-10-20/h5-10,14-15H,2-4H2,1H3,(H,19,21). The lowest BCUT2D eigenvalue weighted by molar-refractivity contribution is 0.0928. The van der Waals surface area contributed by atoms with E-state index in [4.69, 9.17) is 0 Å². The molecule has 0 radical (unpaired) electrons. The SMILES string of the molecule is Cc1cc(C(=O)NC2CCCC2n2ccnc2)ccc1Br. The van der Waals surface area contributed by atoms with E-state index in [1.54, 1.807) is 6.20 Å². The molecule has 21 heavy (non-hydrogen) atoms. The average molecular weight is 348 g/mol. The monoisotopic (exact) mass is 347 g/mol. The van der Waals surface area contributed by atoms with Crippen LogP contribution in [-0.2, 0) is 0 Å². The molecule has 1 aromatic heterocycles. The molecule has 0 spiro atoms. The normalized spacial score (nSPS) is 21.4. The predicted octanol–water partition coefficient (Wildman–Crippen LogP) is 3.48. The highest BCUT2D eigenvalue weighted by atomic mass is 79.9. The summed E-state index contributed by atoms with van der Waals surface area (Å²) in [6.45, 7) is 1.99. The molecule has 5 heteroatoms. The first-order chi connectivity index (χ1) is 10.1. The molecule has 3 rings (SSSR count). The van der Waals surface area contributed by atoms with Gasteiger partial charge in [0.2, 0.25) is 0 Å². The second kappa shape index (κ2) is 6.02. The van der Waals surface area contributed by atoms with Crippen LogP contribution in [0.5, 0.6) is 0 Å². The molecule has 1 amide bonds. The van der Waals surface area contributed by atoms with E-state index in [-0.39, 0.29) is 11.9 Å². The van der Waals surface area contributed by atoms with Crippen molar-refractivity contribution in [3.8, 4) is 0 Å². The predicted molar refractivity (Wildman–Crippen MR) is 85.2 cm³/mol. The number of nitrogens with one attached hydrogen (secondary N) is 1. The number of amides is 1. The summed E-state index contributed by atoms with van der Waals surface area (Å²) in [6, 6.07) is 6.18. The van der Waals surface area contributed by atoms with E-state index < -0.39 is 0 Å². The smallest absolute Gasteiger partial charge is 0.251 e. The van der Waals surface area contributed by atoms with Gasteiger partial charge >= 0.3 is 0 Å². The lowest BCUT2D eigenvalue weighted by Gasteiger charge is -2.22. The Morgan fingerprint density at radius 1 is 1.43 bits per heavy atom. The van der Waals surface area contributed by atoms with E-state index in [9.17, 15) is 4.79 Å². The van der Waals surface area contributed by atoms with Gasteiger partial charge in [-0.15, -0.1) is 0 Å². The molecular formula is C16H18BrN3O. The summed E-state index contributed by atoms with van der Waals surface area (Å²) in [7, 11) is 0. The molecule has 0 bridgehead atoms. The van der Waals surface area contributed by atoms with Gasteiger partial charge in [-0.3, -0.25) is 4.79 Å². The van der Waals surface area contributed by atoms with Crippen molar-refractivity contribution < 1.29 is 4.79 Å². The number of benzene rings is 1. The molecule has 1 aliphatic carbocycles. The highest BCUT2D eigenvalue weighted by molar-refractivity contribution is 9.10. The lowest BCUT2D eigenvalue weighted by Crippen LogP contribution is -2.38. The summed E-state index contributed by atoms with van der Waals surface area (Å²) in [4.78, 5) is 16.5. The van der Waals surface area contributed by atoms with E-state index >= 15 is 0 Å². The number of hydrogen-bond acceptors (Lipinski definition) is 2. The molecule has 0 saturated heterocycles.